The van der Waals surface area contributed by atoms with Gasteiger partial charge in [0.05, 0.1) is 5.71 Å². The minimum atomic E-state index is -0.653. The summed E-state index contributed by atoms with van der Waals surface area (Å²) in [6.45, 7) is 0. The number of rotatable bonds is 3. The van der Waals surface area contributed by atoms with Gasteiger partial charge in [0.1, 0.15) is 0 Å². The standard InChI is InChI=1S/C14H12ClNO4/c15-9-3-1-8(2-4-9)7-11(16-20)10-5-6-12(17)14(19)13(10)18/h1-6,17-20H,7H2/b16-11+. The minimum absolute atomic E-state index is 0.137. The van der Waals surface area contributed by atoms with Gasteiger partial charge in [-0.25, -0.2) is 0 Å². The molecule has 2 aromatic rings. The van der Waals surface area contributed by atoms with E-state index >= 15 is 0 Å². The molecule has 0 fully saturated rings. The summed E-state index contributed by atoms with van der Waals surface area (Å²) >= 11 is 5.78. The first-order chi connectivity index (χ1) is 9.52. The first-order valence-corrected chi connectivity index (χ1v) is 6.10. The molecule has 6 heteroatoms. The second-order valence-corrected chi connectivity index (χ2v) is 4.62. The fourth-order valence-electron chi connectivity index (χ4n) is 1.78. The lowest BCUT2D eigenvalue weighted by Gasteiger charge is -2.09. The first kappa shape index (κ1) is 14.0. The Balaban J connectivity index is 2.34. The van der Waals surface area contributed by atoms with Crippen LogP contribution >= 0.6 is 11.6 Å². The van der Waals surface area contributed by atoms with Crippen molar-refractivity contribution in [2.24, 2.45) is 5.16 Å². The van der Waals surface area contributed by atoms with E-state index in [9.17, 15) is 15.3 Å². The van der Waals surface area contributed by atoms with Crippen molar-refractivity contribution in [3.8, 4) is 17.2 Å². The number of oxime groups is 1. The lowest BCUT2D eigenvalue weighted by atomic mass is 10.0. The van der Waals surface area contributed by atoms with Crippen LogP contribution in [0.4, 0.5) is 0 Å². The van der Waals surface area contributed by atoms with Crippen LogP contribution in [-0.4, -0.2) is 26.2 Å². The first-order valence-electron chi connectivity index (χ1n) is 5.72. The highest BCUT2D eigenvalue weighted by atomic mass is 35.5. The topological polar surface area (TPSA) is 93.3 Å². The molecule has 4 N–H and O–H groups in total. The van der Waals surface area contributed by atoms with Gasteiger partial charge in [0, 0.05) is 17.0 Å². The molecule has 2 aromatic carbocycles. The third kappa shape index (κ3) is 2.78. The highest BCUT2D eigenvalue weighted by Crippen LogP contribution is 2.37. The van der Waals surface area contributed by atoms with Gasteiger partial charge < -0.3 is 20.5 Å². The number of benzene rings is 2. The maximum atomic E-state index is 9.78. The molecule has 0 radical (unpaired) electrons. The molecule has 0 amide bonds. The van der Waals surface area contributed by atoms with E-state index in [4.69, 9.17) is 16.8 Å². The van der Waals surface area contributed by atoms with Crippen molar-refractivity contribution in [3.05, 3.63) is 52.5 Å². The number of halogens is 1. The second kappa shape index (κ2) is 5.71. The Morgan fingerprint density at radius 2 is 1.60 bits per heavy atom. The molecule has 0 aliphatic carbocycles. The summed E-state index contributed by atoms with van der Waals surface area (Å²) in [6, 6.07) is 9.46. The van der Waals surface area contributed by atoms with Crippen LogP contribution in [0, 0.1) is 0 Å². The third-order valence-corrected chi connectivity index (χ3v) is 3.10. The van der Waals surface area contributed by atoms with Crippen LogP contribution in [0.5, 0.6) is 17.2 Å². The highest BCUT2D eigenvalue weighted by molar-refractivity contribution is 6.30. The molecule has 0 aliphatic rings. The summed E-state index contributed by atoms with van der Waals surface area (Å²) < 4.78 is 0. The second-order valence-electron chi connectivity index (χ2n) is 4.18. The minimum Gasteiger partial charge on any atom is -0.504 e. The Kier molecular flexibility index (Phi) is 4.00. The molecule has 5 nitrogen and oxygen atoms in total. The van der Waals surface area contributed by atoms with Gasteiger partial charge in [0.15, 0.2) is 11.5 Å². The Morgan fingerprint density at radius 3 is 2.20 bits per heavy atom. The number of hydrogen-bond acceptors (Lipinski definition) is 5. The van der Waals surface area contributed by atoms with Gasteiger partial charge in [-0.2, -0.15) is 0 Å². The normalized spacial score (nSPS) is 11.6. The van der Waals surface area contributed by atoms with Crippen LogP contribution in [0.3, 0.4) is 0 Å². The Bertz CT molecular complexity index is 653. The Hall–Kier alpha value is -2.40. The van der Waals surface area contributed by atoms with Crippen LogP contribution < -0.4 is 0 Å². The van der Waals surface area contributed by atoms with Crippen LogP contribution in [0.1, 0.15) is 11.1 Å². The largest absolute Gasteiger partial charge is 0.504 e. The monoisotopic (exact) mass is 293 g/mol. The number of phenols is 3. The number of hydrogen-bond donors (Lipinski definition) is 4. The zero-order chi connectivity index (χ0) is 14.7. The van der Waals surface area contributed by atoms with Crippen molar-refractivity contribution in [3.63, 3.8) is 0 Å². The smallest absolute Gasteiger partial charge is 0.200 e. The average molecular weight is 294 g/mol. The maximum Gasteiger partial charge on any atom is 0.200 e. The summed E-state index contributed by atoms with van der Waals surface area (Å²) in [5, 5.41) is 41.3. The van der Waals surface area contributed by atoms with Crippen molar-refractivity contribution in [1.29, 1.82) is 0 Å². The molecule has 0 saturated carbocycles. The van der Waals surface area contributed by atoms with Gasteiger partial charge >= 0.3 is 0 Å². The summed E-state index contributed by atoms with van der Waals surface area (Å²) in [5.41, 5.74) is 1.10. The van der Waals surface area contributed by atoms with Crippen molar-refractivity contribution in [2.45, 2.75) is 6.42 Å². The van der Waals surface area contributed by atoms with E-state index in [1.54, 1.807) is 24.3 Å². The molecule has 0 saturated heterocycles. The SMILES string of the molecule is O/N=C(\Cc1ccc(Cl)cc1)c1ccc(O)c(O)c1O. The number of nitrogens with zero attached hydrogens (tertiary/aromatic N) is 1. The molecule has 0 atom stereocenters. The van der Waals surface area contributed by atoms with E-state index in [1.165, 1.54) is 12.1 Å². The average Bonchev–Trinajstić information content (AvgIpc) is 2.45. The van der Waals surface area contributed by atoms with Crippen LogP contribution in [0.2, 0.25) is 5.02 Å². The predicted molar refractivity (Wildman–Crippen MR) is 74.9 cm³/mol. The van der Waals surface area contributed by atoms with Gasteiger partial charge in [0.25, 0.3) is 0 Å². The van der Waals surface area contributed by atoms with E-state index in [0.29, 0.717) is 5.02 Å². The molecule has 0 spiro atoms. The number of aromatic hydroxyl groups is 3. The quantitative estimate of drug-likeness (QED) is 0.303. The van der Waals surface area contributed by atoms with Crippen molar-refractivity contribution >= 4 is 17.3 Å². The van der Waals surface area contributed by atoms with Gasteiger partial charge in [-0.15, -0.1) is 0 Å². The van der Waals surface area contributed by atoms with Crippen LogP contribution in [-0.2, 0) is 6.42 Å². The molecule has 0 bridgehead atoms. The molecular weight excluding hydrogens is 282 g/mol. The zero-order valence-electron chi connectivity index (χ0n) is 10.3. The van der Waals surface area contributed by atoms with Crippen LogP contribution in [0.25, 0.3) is 0 Å². The van der Waals surface area contributed by atoms with E-state index in [0.717, 1.165) is 5.56 Å². The summed E-state index contributed by atoms with van der Waals surface area (Å²) in [4.78, 5) is 0. The highest BCUT2D eigenvalue weighted by Gasteiger charge is 2.16. The van der Waals surface area contributed by atoms with E-state index in [2.05, 4.69) is 5.16 Å². The van der Waals surface area contributed by atoms with Crippen molar-refractivity contribution in [2.75, 3.05) is 0 Å². The molecule has 0 unspecified atom stereocenters. The van der Waals surface area contributed by atoms with Crippen molar-refractivity contribution < 1.29 is 20.5 Å². The van der Waals surface area contributed by atoms with E-state index in [-0.39, 0.29) is 17.7 Å². The Morgan fingerprint density at radius 1 is 0.950 bits per heavy atom. The summed E-state index contributed by atoms with van der Waals surface area (Å²) in [7, 11) is 0. The van der Waals surface area contributed by atoms with Crippen LogP contribution in [0.15, 0.2) is 41.6 Å². The zero-order valence-corrected chi connectivity index (χ0v) is 11.0. The lowest BCUT2D eigenvalue weighted by Crippen LogP contribution is -2.06. The molecule has 104 valence electrons. The van der Waals surface area contributed by atoms with E-state index in [1.807, 2.05) is 0 Å². The van der Waals surface area contributed by atoms with Gasteiger partial charge in [-0.3, -0.25) is 0 Å². The van der Waals surface area contributed by atoms with Crippen molar-refractivity contribution in [1.82, 2.24) is 0 Å². The number of phenolic OH excluding ortho intramolecular Hbond substituents is 3. The molecule has 2 rings (SSSR count). The molecule has 20 heavy (non-hydrogen) atoms. The molecule has 0 aliphatic heterocycles. The Labute approximate surface area is 120 Å². The molecule has 0 heterocycles. The third-order valence-electron chi connectivity index (χ3n) is 2.85. The predicted octanol–water partition coefficient (Wildman–Crippen LogP) is 2.88. The van der Waals surface area contributed by atoms with Gasteiger partial charge in [0.2, 0.25) is 5.75 Å². The molecule has 0 aromatic heterocycles. The lowest BCUT2D eigenvalue weighted by molar-refractivity contribution is 0.317. The fraction of sp³-hybridized carbons (Fsp3) is 0.0714. The van der Waals surface area contributed by atoms with E-state index < -0.39 is 17.2 Å². The molecular formula is C14H12ClNO4. The summed E-state index contributed by atoms with van der Waals surface area (Å²) in [6.07, 6.45) is 0.228. The maximum absolute atomic E-state index is 9.78. The van der Waals surface area contributed by atoms with Gasteiger partial charge in [-0.05, 0) is 29.8 Å². The fourth-order valence-corrected chi connectivity index (χ4v) is 1.91. The summed E-state index contributed by atoms with van der Waals surface area (Å²) in [5.74, 6) is -1.64. The van der Waals surface area contributed by atoms with Gasteiger partial charge in [-0.1, -0.05) is 28.9 Å².